The molecular formula is C11H13NO2. The van der Waals surface area contributed by atoms with Crippen molar-refractivity contribution in [3.8, 4) is 11.8 Å². The maximum atomic E-state index is 8.64. The molecule has 1 rings (SSSR count). The van der Waals surface area contributed by atoms with Crippen molar-refractivity contribution in [1.29, 1.82) is 5.26 Å². The molecule has 0 radical (unpaired) electrons. The van der Waals surface area contributed by atoms with Gasteiger partial charge in [-0.05, 0) is 30.5 Å². The minimum Gasteiger partial charge on any atom is -0.479 e. The number of hydrogen-bond acceptors (Lipinski definition) is 3. The van der Waals surface area contributed by atoms with Crippen molar-refractivity contribution < 1.29 is 9.84 Å². The Morgan fingerprint density at radius 3 is 2.57 bits per heavy atom. The summed E-state index contributed by atoms with van der Waals surface area (Å²) in [5, 5.41) is 16.9. The number of hydrogen-bond donors (Lipinski definition) is 1. The number of aryl methyl sites for hydroxylation is 1. The van der Waals surface area contributed by atoms with Crippen molar-refractivity contribution in [1.82, 2.24) is 0 Å². The summed E-state index contributed by atoms with van der Waals surface area (Å²) >= 11 is 0. The fourth-order valence-electron chi connectivity index (χ4n) is 1.15. The highest BCUT2D eigenvalue weighted by atomic mass is 16.5. The molecule has 0 aromatic heterocycles. The first-order chi connectivity index (χ1) is 6.86. The molecule has 0 bridgehead atoms. The van der Waals surface area contributed by atoms with E-state index in [9.17, 15) is 0 Å². The average molecular weight is 191 g/mol. The maximum Gasteiger partial charge on any atom is 0.174 e. The lowest BCUT2D eigenvalue weighted by Crippen LogP contribution is -1.94. The van der Waals surface area contributed by atoms with Gasteiger partial charge in [-0.15, -0.1) is 0 Å². The van der Waals surface area contributed by atoms with Crippen molar-refractivity contribution >= 4 is 0 Å². The average Bonchev–Trinajstić information content (AvgIpc) is 2.25. The lowest BCUT2D eigenvalue weighted by molar-refractivity contribution is 0.288. The third-order valence-corrected chi connectivity index (χ3v) is 1.85. The van der Waals surface area contributed by atoms with Crippen LogP contribution >= 0.6 is 0 Å². The van der Waals surface area contributed by atoms with Gasteiger partial charge in [0.1, 0.15) is 11.8 Å². The van der Waals surface area contributed by atoms with Crippen LogP contribution in [0.4, 0.5) is 0 Å². The standard InChI is InChI=1S/C11H13NO2/c12-7-9-14-11-5-3-10(4-6-11)2-1-8-13/h3-6,13H,1-2,8-9H2. The Kier molecular flexibility index (Phi) is 4.53. The second-order valence-corrected chi connectivity index (χ2v) is 2.92. The van der Waals surface area contributed by atoms with Crippen LogP contribution in [0.5, 0.6) is 5.75 Å². The third kappa shape index (κ3) is 3.46. The van der Waals surface area contributed by atoms with E-state index in [0.29, 0.717) is 5.75 Å². The molecule has 0 unspecified atom stereocenters. The Labute approximate surface area is 83.6 Å². The molecule has 0 aliphatic carbocycles. The van der Waals surface area contributed by atoms with Crippen LogP contribution in [0.1, 0.15) is 12.0 Å². The van der Waals surface area contributed by atoms with Crippen LogP contribution in [-0.2, 0) is 6.42 Å². The molecule has 1 N–H and O–H groups in total. The SMILES string of the molecule is N#CCOc1ccc(CCCO)cc1. The van der Waals surface area contributed by atoms with E-state index < -0.39 is 0 Å². The smallest absolute Gasteiger partial charge is 0.174 e. The summed E-state index contributed by atoms with van der Waals surface area (Å²) in [4.78, 5) is 0. The zero-order valence-electron chi connectivity index (χ0n) is 7.94. The largest absolute Gasteiger partial charge is 0.479 e. The molecule has 1 aromatic rings. The molecule has 0 aliphatic heterocycles. The fraction of sp³-hybridized carbons (Fsp3) is 0.364. The van der Waals surface area contributed by atoms with Gasteiger partial charge in [-0.2, -0.15) is 5.26 Å². The van der Waals surface area contributed by atoms with Crippen LogP contribution in [-0.4, -0.2) is 18.3 Å². The van der Waals surface area contributed by atoms with E-state index in [4.69, 9.17) is 15.1 Å². The Balaban J connectivity index is 2.47. The summed E-state index contributed by atoms with van der Waals surface area (Å²) in [5.74, 6) is 0.708. The molecule has 3 heteroatoms. The molecule has 0 spiro atoms. The van der Waals surface area contributed by atoms with Gasteiger partial charge in [-0.25, -0.2) is 0 Å². The van der Waals surface area contributed by atoms with Crippen molar-refractivity contribution in [2.45, 2.75) is 12.8 Å². The van der Waals surface area contributed by atoms with Crippen molar-refractivity contribution in [2.75, 3.05) is 13.2 Å². The molecule has 0 amide bonds. The lowest BCUT2D eigenvalue weighted by Gasteiger charge is -2.03. The van der Waals surface area contributed by atoms with Gasteiger partial charge >= 0.3 is 0 Å². The zero-order chi connectivity index (χ0) is 10.2. The van der Waals surface area contributed by atoms with E-state index in [1.807, 2.05) is 30.3 Å². The first-order valence-corrected chi connectivity index (χ1v) is 4.56. The summed E-state index contributed by atoms with van der Waals surface area (Å²) in [6, 6.07) is 9.48. The quantitative estimate of drug-likeness (QED) is 0.767. The summed E-state index contributed by atoms with van der Waals surface area (Å²) in [7, 11) is 0. The van der Waals surface area contributed by atoms with Crippen molar-refractivity contribution in [3.05, 3.63) is 29.8 Å². The molecule has 14 heavy (non-hydrogen) atoms. The third-order valence-electron chi connectivity index (χ3n) is 1.85. The van der Waals surface area contributed by atoms with Crippen LogP contribution in [0.2, 0.25) is 0 Å². The lowest BCUT2D eigenvalue weighted by atomic mass is 10.1. The van der Waals surface area contributed by atoms with E-state index in [0.717, 1.165) is 12.8 Å². The summed E-state index contributed by atoms with van der Waals surface area (Å²) in [6.45, 7) is 0.294. The summed E-state index contributed by atoms with van der Waals surface area (Å²) < 4.78 is 5.10. The number of aliphatic hydroxyl groups excluding tert-OH is 1. The summed E-state index contributed by atoms with van der Waals surface area (Å²) in [6.07, 6.45) is 1.65. The Hall–Kier alpha value is -1.53. The predicted octanol–water partition coefficient (Wildman–Crippen LogP) is 1.51. The second-order valence-electron chi connectivity index (χ2n) is 2.92. The highest BCUT2D eigenvalue weighted by molar-refractivity contribution is 5.27. The first-order valence-electron chi connectivity index (χ1n) is 4.56. The minimum absolute atomic E-state index is 0.0794. The molecule has 1 aromatic carbocycles. The van der Waals surface area contributed by atoms with Gasteiger partial charge in [0.25, 0.3) is 0 Å². The molecule has 0 aliphatic rings. The Morgan fingerprint density at radius 1 is 1.29 bits per heavy atom. The van der Waals surface area contributed by atoms with Crippen LogP contribution in [0.25, 0.3) is 0 Å². The number of nitrogens with zero attached hydrogens (tertiary/aromatic N) is 1. The van der Waals surface area contributed by atoms with Gasteiger partial charge in [0.2, 0.25) is 0 Å². The Bertz CT molecular complexity index is 300. The highest BCUT2D eigenvalue weighted by Gasteiger charge is 1.94. The number of aliphatic hydroxyl groups is 1. The number of rotatable bonds is 5. The molecule has 3 nitrogen and oxygen atoms in total. The van der Waals surface area contributed by atoms with Gasteiger partial charge in [-0.1, -0.05) is 12.1 Å². The molecule has 0 saturated carbocycles. The fourth-order valence-corrected chi connectivity index (χ4v) is 1.15. The van der Waals surface area contributed by atoms with Crippen LogP contribution in [0.3, 0.4) is 0 Å². The molecule has 74 valence electrons. The maximum absolute atomic E-state index is 8.64. The van der Waals surface area contributed by atoms with Gasteiger partial charge in [0.05, 0.1) is 0 Å². The van der Waals surface area contributed by atoms with E-state index in [-0.39, 0.29) is 13.2 Å². The van der Waals surface area contributed by atoms with Gasteiger partial charge < -0.3 is 9.84 Å². The van der Waals surface area contributed by atoms with E-state index in [1.54, 1.807) is 0 Å². The first kappa shape index (κ1) is 10.6. The number of ether oxygens (including phenoxy) is 1. The van der Waals surface area contributed by atoms with Crippen LogP contribution < -0.4 is 4.74 Å². The van der Waals surface area contributed by atoms with E-state index >= 15 is 0 Å². The van der Waals surface area contributed by atoms with E-state index in [1.165, 1.54) is 5.56 Å². The predicted molar refractivity (Wildman–Crippen MR) is 53.0 cm³/mol. The van der Waals surface area contributed by atoms with Crippen LogP contribution in [0, 0.1) is 11.3 Å². The highest BCUT2D eigenvalue weighted by Crippen LogP contribution is 2.12. The molecule has 0 fully saturated rings. The van der Waals surface area contributed by atoms with E-state index in [2.05, 4.69) is 0 Å². The topological polar surface area (TPSA) is 53.2 Å². The van der Waals surface area contributed by atoms with Gasteiger partial charge in [0.15, 0.2) is 6.61 Å². The number of benzene rings is 1. The van der Waals surface area contributed by atoms with Gasteiger partial charge in [0, 0.05) is 6.61 Å². The molecular weight excluding hydrogens is 178 g/mol. The monoisotopic (exact) mass is 191 g/mol. The summed E-state index contributed by atoms with van der Waals surface area (Å²) in [5.41, 5.74) is 1.17. The zero-order valence-corrected chi connectivity index (χ0v) is 7.94. The molecule has 0 heterocycles. The Morgan fingerprint density at radius 2 is 2.00 bits per heavy atom. The van der Waals surface area contributed by atoms with Gasteiger partial charge in [-0.3, -0.25) is 0 Å². The van der Waals surface area contributed by atoms with Crippen molar-refractivity contribution in [2.24, 2.45) is 0 Å². The van der Waals surface area contributed by atoms with Crippen LogP contribution in [0.15, 0.2) is 24.3 Å². The minimum atomic E-state index is 0.0794. The molecule has 0 saturated heterocycles. The molecule has 0 atom stereocenters. The normalized spacial score (nSPS) is 9.43. The van der Waals surface area contributed by atoms with Crippen molar-refractivity contribution in [3.63, 3.8) is 0 Å². The number of nitriles is 1. The second kappa shape index (κ2) is 6.01.